The number of carbonyl (C=O) groups is 1. The summed E-state index contributed by atoms with van der Waals surface area (Å²) in [6, 6.07) is 8.50. The predicted molar refractivity (Wildman–Crippen MR) is 126 cm³/mol. The van der Waals surface area contributed by atoms with Crippen LogP contribution in [0.15, 0.2) is 29.3 Å². The topological polar surface area (TPSA) is 66.0 Å². The molecule has 7 heteroatoms. The lowest BCUT2D eigenvalue weighted by molar-refractivity contribution is -0.129. The van der Waals surface area contributed by atoms with Gasteiger partial charge in [-0.1, -0.05) is 32.9 Å². The number of benzene rings is 1. The molecule has 1 aromatic rings. The Morgan fingerprint density at radius 3 is 2.61 bits per heavy atom. The average Bonchev–Trinajstić information content (AvgIpc) is 3.13. The first-order chi connectivity index (χ1) is 13.0. The fraction of sp³-hybridized carbons (Fsp3) is 0.619. The van der Waals surface area contributed by atoms with Crippen molar-refractivity contribution in [3.8, 4) is 5.75 Å². The molecular formula is C21H35IN4O2. The van der Waals surface area contributed by atoms with Gasteiger partial charge in [0.1, 0.15) is 12.4 Å². The fourth-order valence-electron chi connectivity index (χ4n) is 3.11. The molecule has 0 aromatic heterocycles. The van der Waals surface area contributed by atoms with E-state index in [9.17, 15) is 4.79 Å². The van der Waals surface area contributed by atoms with Crippen molar-refractivity contribution in [2.45, 2.75) is 52.5 Å². The van der Waals surface area contributed by atoms with Crippen molar-refractivity contribution >= 4 is 35.8 Å². The van der Waals surface area contributed by atoms with E-state index in [1.165, 1.54) is 5.56 Å². The smallest absolute Gasteiger partial charge is 0.222 e. The summed E-state index contributed by atoms with van der Waals surface area (Å²) in [5.74, 6) is 2.40. The third-order valence-electron chi connectivity index (χ3n) is 4.71. The van der Waals surface area contributed by atoms with Crippen molar-refractivity contribution < 1.29 is 9.53 Å². The standard InChI is InChI=1S/C21H34N4O2.HI/c1-5-20(26)25-13-11-18(15-25)24-21(22-6-2)23-12-14-27-19-9-7-17(8-10-19)16(3)4;/h7-10,16,18H,5-6,11-15H2,1-4H3,(H2,22,23,24);1H. The van der Waals surface area contributed by atoms with Crippen LogP contribution < -0.4 is 15.4 Å². The third kappa shape index (κ3) is 7.85. The lowest BCUT2D eigenvalue weighted by Gasteiger charge is -2.18. The van der Waals surface area contributed by atoms with Gasteiger partial charge in [-0.15, -0.1) is 24.0 Å². The predicted octanol–water partition coefficient (Wildman–Crippen LogP) is 3.37. The van der Waals surface area contributed by atoms with Gasteiger partial charge in [0.25, 0.3) is 0 Å². The number of amides is 1. The van der Waals surface area contributed by atoms with Gasteiger partial charge in [0.15, 0.2) is 5.96 Å². The van der Waals surface area contributed by atoms with Gasteiger partial charge in [0.05, 0.1) is 6.54 Å². The second-order valence-corrected chi connectivity index (χ2v) is 7.16. The molecule has 158 valence electrons. The highest BCUT2D eigenvalue weighted by Crippen LogP contribution is 2.18. The van der Waals surface area contributed by atoms with Crippen molar-refractivity contribution in [1.29, 1.82) is 0 Å². The van der Waals surface area contributed by atoms with E-state index in [0.717, 1.165) is 37.8 Å². The molecule has 1 atom stereocenters. The first kappa shape index (κ1) is 24.5. The minimum absolute atomic E-state index is 0. The molecule has 0 spiro atoms. The lowest BCUT2D eigenvalue weighted by Crippen LogP contribution is -2.45. The number of hydrogen-bond acceptors (Lipinski definition) is 3. The Morgan fingerprint density at radius 1 is 1.29 bits per heavy atom. The van der Waals surface area contributed by atoms with Gasteiger partial charge in [-0.25, -0.2) is 4.99 Å². The molecule has 2 rings (SSSR count). The van der Waals surface area contributed by atoms with E-state index in [1.807, 2.05) is 30.9 Å². The summed E-state index contributed by atoms with van der Waals surface area (Å²) in [5.41, 5.74) is 1.31. The van der Waals surface area contributed by atoms with Gasteiger partial charge in [-0.05, 0) is 37.0 Å². The SMILES string of the molecule is CCNC(=NCCOc1ccc(C(C)C)cc1)NC1CCN(C(=O)CC)C1.I. The number of nitrogens with one attached hydrogen (secondary N) is 2. The van der Waals surface area contributed by atoms with Crippen LogP contribution in [0.5, 0.6) is 5.75 Å². The maximum Gasteiger partial charge on any atom is 0.222 e. The molecular weight excluding hydrogens is 467 g/mol. The Kier molecular flexibility index (Phi) is 11.3. The number of carbonyl (C=O) groups excluding carboxylic acids is 1. The van der Waals surface area contributed by atoms with Crippen LogP contribution in [0.3, 0.4) is 0 Å². The molecule has 1 aliphatic heterocycles. The number of hydrogen-bond donors (Lipinski definition) is 2. The Hall–Kier alpha value is -1.51. The molecule has 6 nitrogen and oxygen atoms in total. The summed E-state index contributed by atoms with van der Waals surface area (Å²) in [6.07, 6.45) is 1.52. The Bertz CT molecular complexity index is 619. The normalized spacial score (nSPS) is 16.7. The first-order valence-electron chi connectivity index (χ1n) is 10.1. The van der Waals surface area contributed by atoms with Crippen molar-refractivity contribution in [2.24, 2.45) is 4.99 Å². The van der Waals surface area contributed by atoms with E-state index < -0.39 is 0 Å². The fourth-order valence-corrected chi connectivity index (χ4v) is 3.11. The van der Waals surface area contributed by atoms with Crippen molar-refractivity contribution in [2.75, 3.05) is 32.8 Å². The number of rotatable bonds is 8. The summed E-state index contributed by atoms with van der Waals surface area (Å²) in [5, 5.41) is 6.70. The Morgan fingerprint density at radius 2 is 2.00 bits per heavy atom. The van der Waals surface area contributed by atoms with Gasteiger partial charge >= 0.3 is 0 Å². The highest BCUT2D eigenvalue weighted by atomic mass is 127. The zero-order chi connectivity index (χ0) is 19.6. The summed E-state index contributed by atoms with van der Waals surface area (Å²) in [6.45, 7) is 11.8. The molecule has 0 saturated carbocycles. The van der Waals surface area contributed by atoms with E-state index in [0.29, 0.717) is 25.5 Å². The number of aliphatic imine (C=N–C) groups is 1. The summed E-state index contributed by atoms with van der Waals surface area (Å²) in [4.78, 5) is 18.3. The quantitative estimate of drug-likeness (QED) is 0.248. The molecule has 1 amide bonds. The van der Waals surface area contributed by atoms with E-state index in [4.69, 9.17) is 4.74 Å². The molecule has 0 bridgehead atoms. The second kappa shape index (κ2) is 12.9. The number of guanidine groups is 1. The number of halogens is 1. The van der Waals surface area contributed by atoms with Crippen LogP contribution in [0.25, 0.3) is 0 Å². The molecule has 28 heavy (non-hydrogen) atoms. The average molecular weight is 502 g/mol. The van der Waals surface area contributed by atoms with Crippen LogP contribution in [0.1, 0.15) is 52.0 Å². The van der Waals surface area contributed by atoms with E-state index in [2.05, 4.69) is 41.6 Å². The van der Waals surface area contributed by atoms with Crippen molar-refractivity contribution in [1.82, 2.24) is 15.5 Å². The monoisotopic (exact) mass is 502 g/mol. The van der Waals surface area contributed by atoms with Crippen LogP contribution in [0.4, 0.5) is 0 Å². The molecule has 2 N–H and O–H groups in total. The van der Waals surface area contributed by atoms with Crippen LogP contribution >= 0.6 is 24.0 Å². The summed E-state index contributed by atoms with van der Waals surface area (Å²) in [7, 11) is 0. The molecule has 1 aliphatic rings. The maximum absolute atomic E-state index is 11.8. The van der Waals surface area contributed by atoms with Gasteiger partial charge in [-0.3, -0.25) is 4.79 Å². The molecule has 0 radical (unpaired) electrons. The minimum atomic E-state index is 0. The molecule has 1 fully saturated rings. The van der Waals surface area contributed by atoms with Gasteiger partial charge in [-0.2, -0.15) is 0 Å². The molecule has 1 heterocycles. The van der Waals surface area contributed by atoms with Crippen LogP contribution in [-0.4, -0.2) is 55.6 Å². The van der Waals surface area contributed by atoms with Crippen LogP contribution in [0.2, 0.25) is 0 Å². The number of ether oxygens (including phenoxy) is 1. The first-order valence-corrected chi connectivity index (χ1v) is 10.1. The van der Waals surface area contributed by atoms with Crippen LogP contribution in [-0.2, 0) is 4.79 Å². The Labute approximate surface area is 186 Å². The van der Waals surface area contributed by atoms with E-state index in [1.54, 1.807) is 0 Å². The summed E-state index contributed by atoms with van der Waals surface area (Å²) >= 11 is 0. The van der Waals surface area contributed by atoms with Gasteiger partial charge in [0, 0.05) is 32.1 Å². The van der Waals surface area contributed by atoms with Gasteiger partial charge in [0.2, 0.25) is 5.91 Å². The van der Waals surface area contributed by atoms with E-state index >= 15 is 0 Å². The van der Waals surface area contributed by atoms with E-state index in [-0.39, 0.29) is 35.9 Å². The zero-order valence-corrected chi connectivity index (χ0v) is 19.9. The Balaban J connectivity index is 0.00000392. The molecule has 1 unspecified atom stereocenters. The molecule has 1 aromatic carbocycles. The van der Waals surface area contributed by atoms with Gasteiger partial charge < -0.3 is 20.3 Å². The highest BCUT2D eigenvalue weighted by Gasteiger charge is 2.25. The largest absolute Gasteiger partial charge is 0.492 e. The highest BCUT2D eigenvalue weighted by molar-refractivity contribution is 14.0. The maximum atomic E-state index is 11.8. The second-order valence-electron chi connectivity index (χ2n) is 7.16. The summed E-state index contributed by atoms with van der Waals surface area (Å²) < 4.78 is 5.79. The molecule has 1 saturated heterocycles. The van der Waals surface area contributed by atoms with Crippen LogP contribution in [0, 0.1) is 0 Å². The number of nitrogens with zero attached hydrogens (tertiary/aromatic N) is 2. The van der Waals surface area contributed by atoms with Crippen molar-refractivity contribution in [3.05, 3.63) is 29.8 Å². The molecule has 0 aliphatic carbocycles. The number of likely N-dealkylation sites (tertiary alicyclic amines) is 1. The zero-order valence-electron chi connectivity index (χ0n) is 17.5. The van der Waals surface area contributed by atoms with Crippen molar-refractivity contribution in [3.63, 3.8) is 0 Å². The third-order valence-corrected chi connectivity index (χ3v) is 4.71. The lowest BCUT2D eigenvalue weighted by atomic mass is 10.0. The minimum Gasteiger partial charge on any atom is -0.492 e.